The summed E-state index contributed by atoms with van der Waals surface area (Å²) in [6.45, 7) is 1.94. The van der Waals surface area contributed by atoms with Crippen molar-refractivity contribution in [3.05, 3.63) is 42.2 Å². The molecule has 1 aliphatic heterocycles. The summed E-state index contributed by atoms with van der Waals surface area (Å²) < 4.78 is 5.00. The Morgan fingerprint density at radius 1 is 1.29 bits per heavy atom. The van der Waals surface area contributed by atoms with Crippen LogP contribution < -0.4 is 5.32 Å². The largest absolute Gasteiger partial charge is 0.465 e. The van der Waals surface area contributed by atoms with Gasteiger partial charge in [-0.1, -0.05) is 0 Å². The maximum Gasteiger partial charge on any atom is 0.323 e. The van der Waals surface area contributed by atoms with Crippen LogP contribution in [0.1, 0.15) is 18.4 Å². The molecule has 3 heterocycles. The van der Waals surface area contributed by atoms with E-state index in [-0.39, 0.29) is 12.5 Å². The van der Waals surface area contributed by atoms with Crippen LogP contribution in [0.3, 0.4) is 0 Å². The third-order valence-electron chi connectivity index (χ3n) is 3.96. The molecule has 2 aromatic heterocycles. The maximum atomic E-state index is 12.1. The topological polar surface area (TPSA) is 97.0 Å². The normalized spacial score (nSPS) is 16.0. The van der Waals surface area contributed by atoms with Crippen LogP contribution in [0.15, 0.2) is 36.7 Å². The number of carbonyl (C=O) groups is 2. The number of H-pyrrole nitrogens is 1. The van der Waals surface area contributed by atoms with E-state index >= 15 is 0 Å². The van der Waals surface area contributed by atoms with E-state index in [1.807, 2.05) is 12.1 Å². The Balaban J connectivity index is 1.79. The van der Waals surface area contributed by atoms with Gasteiger partial charge in [-0.05, 0) is 31.2 Å². The number of fused-ring (bicyclic) bond motifs is 2. The second-order valence-corrected chi connectivity index (χ2v) is 5.45. The average Bonchev–Trinajstić information content (AvgIpc) is 3.12. The minimum atomic E-state index is -0.939. The summed E-state index contributed by atoms with van der Waals surface area (Å²) in [7, 11) is 0. The standard InChI is InChI=1S/C17H14N4O3/c1-2-24-17(23)14-10-7-12-13(8-11(10)21-16(14)22)20-15(19-12)9-3-5-18-6-4-9/h3-8,14H,2H2,1H3,(H,19,20)(H,21,22). The summed E-state index contributed by atoms with van der Waals surface area (Å²) in [4.78, 5) is 35.9. The quantitative estimate of drug-likeness (QED) is 0.569. The molecule has 1 aromatic carbocycles. The highest BCUT2D eigenvalue weighted by Crippen LogP contribution is 2.36. The van der Waals surface area contributed by atoms with Crippen LogP contribution in [-0.4, -0.2) is 33.4 Å². The lowest BCUT2D eigenvalue weighted by atomic mass is 10.0. The minimum Gasteiger partial charge on any atom is -0.465 e. The summed E-state index contributed by atoms with van der Waals surface area (Å²) >= 11 is 0. The van der Waals surface area contributed by atoms with Gasteiger partial charge in [-0.2, -0.15) is 0 Å². The number of anilines is 1. The number of benzene rings is 1. The molecule has 0 spiro atoms. The number of rotatable bonds is 3. The number of pyridine rings is 1. The molecule has 7 nitrogen and oxygen atoms in total. The van der Waals surface area contributed by atoms with E-state index in [1.54, 1.807) is 31.5 Å². The van der Waals surface area contributed by atoms with Crippen LogP contribution >= 0.6 is 0 Å². The SMILES string of the molecule is CCOC(=O)C1C(=O)Nc2cc3[nH]c(-c4ccncc4)nc3cc21. The van der Waals surface area contributed by atoms with Gasteiger partial charge in [-0.3, -0.25) is 14.6 Å². The monoisotopic (exact) mass is 322 g/mol. The average molecular weight is 322 g/mol. The number of imidazole rings is 1. The van der Waals surface area contributed by atoms with E-state index in [4.69, 9.17) is 4.74 Å². The van der Waals surface area contributed by atoms with Gasteiger partial charge < -0.3 is 15.0 Å². The highest BCUT2D eigenvalue weighted by molar-refractivity contribution is 6.16. The summed E-state index contributed by atoms with van der Waals surface area (Å²) in [6.07, 6.45) is 3.39. The number of esters is 1. The molecular formula is C17H14N4O3. The second-order valence-electron chi connectivity index (χ2n) is 5.45. The molecule has 1 atom stereocenters. The molecule has 3 aromatic rings. The zero-order valence-electron chi connectivity index (χ0n) is 12.9. The van der Waals surface area contributed by atoms with Gasteiger partial charge in [0, 0.05) is 29.2 Å². The van der Waals surface area contributed by atoms with Crippen molar-refractivity contribution >= 4 is 28.6 Å². The zero-order chi connectivity index (χ0) is 16.7. The van der Waals surface area contributed by atoms with E-state index in [0.29, 0.717) is 22.6 Å². The van der Waals surface area contributed by atoms with E-state index in [9.17, 15) is 9.59 Å². The fourth-order valence-electron chi connectivity index (χ4n) is 2.87. The number of nitrogens with zero attached hydrogens (tertiary/aromatic N) is 2. The Kier molecular flexibility index (Phi) is 3.26. The second kappa shape index (κ2) is 5.45. The van der Waals surface area contributed by atoms with Gasteiger partial charge in [0.15, 0.2) is 5.92 Å². The van der Waals surface area contributed by atoms with Crippen LogP contribution in [0.25, 0.3) is 22.4 Å². The Morgan fingerprint density at radius 2 is 2.08 bits per heavy atom. The highest BCUT2D eigenvalue weighted by atomic mass is 16.5. The number of carbonyl (C=O) groups excluding carboxylic acids is 2. The first kappa shape index (κ1) is 14.4. The van der Waals surface area contributed by atoms with Gasteiger partial charge in [0.2, 0.25) is 5.91 Å². The molecule has 2 N–H and O–H groups in total. The van der Waals surface area contributed by atoms with E-state index < -0.39 is 11.9 Å². The molecule has 0 saturated carbocycles. The Morgan fingerprint density at radius 3 is 2.83 bits per heavy atom. The summed E-state index contributed by atoms with van der Waals surface area (Å²) in [5.41, 5.74) is 3.58. The molecule has 4 rings (SSSR count). The molecule has 0 fully saturated rings. The number of hydrogen-bond acceptors (Lipinski definition) is 5. The van der Waals surface area contributed by atoms with Crippen LogP contribution in [0, 0.1) is 0 Å². The Hall–Kier alpha value is -3.22. The molecule has 1 amide bonds. The Bertz CT molecular complexity index is 949. The van der Waals surface area contributed by atoms with Gasteiger partial charge in [-0.25, -0.2) is 4.98 Å². The molecule has 0 saturated heterocycles. The first-order valence-electron chi connectivity index (χ1n) is 7.59. The van der Waals surface area contributed by atoms with Crippen LogP contribution in [0.4, 0.5) is 5.69 Å². The van der Waals surface area contributed by atoms with E-state index in [0.717, 1.165) is 11.1 Å². The summed E-state index contributed by atoms with van der Waals surface area (Å²) in [6, 6.07) is 7.26. The van der Waals surface area contributed by atoms with Gasteiger partial charge in [0.25, 0.3) is 0 Å². The molecule has 0 aliphatic carbocycles. The van der Waals surface area contributed by atoms with Crippen molar-refractivity contribution in [2.24, 2.45) is 0 Å². The van der Waals surface area contributed by atoms with E-state index in [1.165, 1.54) is 0 Å². The number of ether oxygens (including phenoxy) is 1. The third kappa shape index (κ3) is 2.21. The van der Waals surface area contributed by atoms with Gasteiger partial charge in [-0.15, -0.1) is 0 Å². The lowest BCUT2D eigenvalue weighted by Gasteiger charge is -2.07. The molecule has 24 heavy (non-hydrogen) atoms. The van der Waals surface area contributed by atoms with Crippen molar-refractivity contribution in [1.29, 1.82) is 0 Å². The molecular weight excluding hydrogens is 308 g/mol. The smallest absolute Gasteiger partial charge is 0.323 e. The van der Waals surface area contributed by atoms with Gasteiger partial charge >= 0.3 is 5.97 Å². The predicted octanol–water partition coefficient (Wildman–Crippen LogP) is 2.22. The van der Waals surface area contributed by atoms with Gasteiger partial charge in [0.05, 0.1) is 17.6 Å². The summed E-state index contributed by atoms with van der Waals surface area (Å²) in [5.74, 6) is -1.15. The fraction of sp³-hybridized carbons (Fsp3) is 0.176. The number of hydrogen-bond donors (Lipinski definition) is 2. The van der Waals surface area contributed by atoms with Crippen molar-refractivity contribution < 1.29 is 14.3 Å². The van der Waals surface area contributed by atoms with Crippen molar-refractivity contribution in [2.45, 2.75) is 12.8 Å². The first-order valence-corrected chi connectivity index (χ1v) is 7.59. The molecule has 120 valence electrons. The number of amides is 1. The van der Waals surface area contributed by atoms with Crippen molar-refractivity contribution in [1.82, 2.24) is 15.0 Å². The maximum absolute atomic E-state index is 12.1. The Labute approximate surface area is 137 Å². The van der Waals surface area contributed by atoms with Crippen LogP contribution in [0.2, 0.25) is 0 Å². The zero-order valence-corrected chi connectivity index (χ0v) is 12.9. The first-order chi connectivity index (χ1) is 11.7. The molecule has 0 bridgehead atoms. The third-order valence-corrected chi connectivity index (χ3v) is 3.96. The van der Waals surface area contributed by atoms with Crippen LogP contribution in [-0.2, 0) is 14.3 Å². The van der Waals surface area contributed by atoms with Crippen molar-refractivity contribution in [2.75, 3.05) is 11.9 Å². The molecule has 0 radical (unpaired) electrons. The highest BCUT2D eigenvalue weighted by Gasteiger charge is 2.38. The fourth-order valence-corrected chi connectivity index (χ4v) is 2.87. The lowest BCUT2D eigenvalue weighted by molar-refractivity contribution is -0.147. The van der Waals surface area contributed by atoms with Crippen molar-refractivity contribution in [3.8, 4) is 11.4 Å². The lowest BCUT2D eigenvalue weighted by Crippen LogP contribution is -2.22. The molecule has 1 aliphatic rings. The summed E-state index contributed by atoms with van der Waals surface area (Å²) in [5, 5.41) is 2.73. The van der Waals surface area contributed by atoms with Gasteiger partial charge in [0.1, 0.15) is 5.82 Å². The number of aromatic amines is 1. The number of aromatic nitrogens is 3. The number of nitrogens with one attached hydrogen (secondary N) is 2. The van der Waals surface area contributed by atoms with Crippen LogP contribution in [0.5, 0.6) is 0 Å². The van der Waals surface area contributed by atoms with Crippen molar-refractivity contribution in [3.63, 3.8) is 0 Å². The van der Waals surface area contributed by atoms with E-state index in [2.05, 4.69) is 20.3 Å². The molecule has 1 unspecified atom stereocenters. The molecule has 7 heteroatoms. The minimum absolute atomic E-state index is 0.231. The predicted molar refractivity (Wildman–Crippen MR) is 87.3 cm³/mol.